The molecule has 1 amide bonds. The van der Waals surface area contributed by atoms with Gasteiger partial charge in [-0.1, -0.05) is 86.8 Å². The van der Waals surface area contributed by atoms with Gasteiger partial charge in [-0.2, -0.15) is 0 Å². The number of aromatic carboxylic acids is 1. The molecule has 40 heavy (non-hydrogen) atoms. The number of nitrogens with two attached hydrogens (primary N) is 1. The Morgan fingerprint density at radius 1 is 0.850 bits per heavy atom. The zero-order valence-electron chi connectivity index (χ0n) is 24.6. The SMILES string of the molecule is CC(C)(C)N.CCCCCCN(Cc1ccccc1)C(=O)CCc1ccc(OCc2ccccc2C(=O)O)cc1. The van der Waals surface area contributed by atoms with E-state index < -0.39 is 5.97 Å². The van der Waals surface area contributed by atoms with Gasteiger partial charge in [0.1, 0.15) is 12.4 Å². The summed E-state index contributed by atoms with van der Waals surface area (Å²) in [6.07, 6.45) is 5.69. The van der Waals surface area contributed by atoms with Crippen LogP contribution in [-0.4, -0.2) is 34.0 Å². The van der Waals surface area contributed by atoms with Gasteiger partial charge in [0.05, 0.1) is 5.56 Å². The highest BCUT2D eigenvalue weighted by atomic mass is 16.5. The molecule has 0 aromatic heterocycles. The fourth-order valence-electron chi connectivity index (χ4n) is 4.00. The molecule has 3 aromatic carbocycles. The number of unbranched alkanes of at least 4 members (excludes halogenated alkanes) is 3. The minimum atomic E-state index is -0.962. The van der Waals surface area contributed by atoms with Crippen LogP contribution in [-0.2, 0) is 24.4 Å². The molecule has 0 atom stereocenters. The molecule has 0 bridgehead atoms. The fourth-order valence-corrected chi connectivity index (χ4v) is 4.00. The van der Waals surface area contributed by atoms with E-state index in [4.69, 9.17) is 10.5 Å². The Morgan fingerprint density at radius 2 is 1.48 bits per heavy atom. The number of carbonyl (C=O) groups excluding carboxylic acids is 1. The third-order valence-electron chi connectivity index (χ3n) is 6.04. The number of ether oxygens (including phenoxy) is 1. The molecule has 0 heterocycles. The summed E-state index contributed by atoms with van der Waals surface area (Å²) in [4.78, 5) is 26.4. The molecule has 3 rings (SSSR count). The third-order valence-corrected chi connectivity index (χ3v) is 6.04. The van der Waals surface area contributed by atoms with E-state index in [0.717, 1.165) is 30.5 Å². The van der Waals surface area contributed by atoms with Crippen molar-refractivity contribution in [1.82, 2.24) is 4.90 Å². The zero-order chi connectivity index (χ0) is 29.4. The molecule has 3 N–H and O–H groups in total. The zero-order valence-corrected chi connectivity index (χ0v) is 24.6. The number of amides is 1. The van der Waals surface area contributed by atoms with Gasteiger partial charge in [-0.3, -0.25) is 4.79 Å². The third kappa shape index (κ3) is 13.4. The second kappa shape index (κ2) is 17.1. The second-order valence-corrected chi connectivity index (χ2v) is 11.1. The van der Waals surface area contributed by atoms with Crippen LogP contribution in [0.4, 0.5) is 0 Å². The Kier molecular flexibility index (Phi) is 14.0. The van der Waals surface area contributed by atoms with Gasteiger partial charge >= 0.3 is 5.97 Å². The molecule has 216 valence electrons. The van der Waals surface area contributed by atoms with Crippen LogP contribution < -0.4 is 10.5 Å². The molecule has 0 saturated carbocycles. The summed E-state index contributed by atoms with van der Waals surface area (Å²) in [6.45, 7) is 9.71. The highest BCUT2D eigenvalue weighted by molar-refractivity contribution is 5.89. The molecule has 6 heteroatoms. The first-order valence-electron chi connectivity index (χ1n) is 14.2. The van der Waals surface area contributed by atoms with E-state index in [2.05, 4.69) is 19.1 Å². The van der Waals surface area contributed by atoms with Gasteiger partial charge in [0.25, 0.3) is 0 Å². The van der Waals surface area contributed by atoms with E-state index in [-0.39, 0.29) is 23.6 Å². The molecule has 6 nitrogen and oxygen atoms in total. The Hall–Kier alpha value is -3.64. The first kappa shape index (κ1) is 32.6. The molecule has 0 spiro atoms. The van der Waals surface area contributed by atoms with Crippen LogP contribution in [0.25, 0.3) is 0 Å². The molecule has 3 aromatic rings. The van der Waals surface area contributed by atoms with Gasteiger partial charge in [-0.15, -0.1) is 0 Å². The monoisotopic (exact) mass is 546 g/mol. The lowest BCUT2D eigenvalue weighted by Crippen LogP contribution is -2.31. The Morgan fingerprint density at radius 3 is 2.10 bits per heavy atom. The maximum Gasteiger partial charge on any atom is 0.336 e. The summed E-state index contributed by atoms with van der Waals surface area (Å²) >= 11 is 0. The smallest absolute Gasteiger partial charge is 0.336 e. The van der Waals surface area contributed by atoms with Crippen molar-refractivity contribution in [3.63, 3.8) is 0 Å². The summed E-state index contributed by atoms with van der Waals surface area (Å²) in [6, 6.07) is 24.7. The summed E-state index contributed by atoms with van der Waals surface area (Å²) in [5.74, 6) is -0.117. The van der Waals surface area contributed by atoms with Crippen LogP contribution >= 0.6 is 0 Å². The predicted octanol–water partition coefficient (Wildman–Crippen LogP) is 7.25. The number of rotatable bonds is 14. The lowest BCUT2D eigenvalue weighted by Gasteiger charge is -2.23. The van der Waals surface area contributed by atoms with Gasteiger partial charge < -0.3 is 20.5 Å². The maximum absolute atomic E-state index is 13.1. The molecular formula is C34H46N2O4. The largest absolute Gasteiger partial charge is 0.489 e. The van der Waals surface area contributed by atoms with Gasteiger partial charge in [0.15, 0.2) is 0 Å². The molecule has 0 radical (unpaired) electrons. The molecular weight excluding hydrogens is 500 g/mol. The van der Waals surface area contributed by atoms with Gasteiger partial charge in [-0.25, -0.2) is 4.79 Å². The van der Waals surface area contributed by atoms with Crippen LogP contribution in [0.3, 0.4) is 0 Å². The highest BCUT2D eigenvalue weighted by Gasteiger charge is 2.14. The molecule has 0 aliphatic heterocycles. The molecule has 0 unspecified atom stereocenters. The number of carbonyl (C=O) groups is 2. The number of carboxylic acid groups (broad SMARTS) is 1. The van der Waals surface area contributed by atoms with Crippen molar-refractivity contribution < 1.29 is 19.4 Å². The van der Waals surface area contributed by atoms with Crippen molar-refractivity contribution in [2.75, 3.05) is 6.54 Å². The average Bonchev–Trinajstić information content (AvgIpc) is 2.92. The number of hydrogen-bond acceptors (Lipinski definition) is 4. The average molecular weight is 547 g/mol. The van der Waals surface area contributed by atoms with E-state index in [1.54, 1.807) is 24.3 Å². The van der Waals surface area contributed by atoms with Crippen LogP contribution in [0.1, 0.15) is 86.8 Å². The topological polar surface area (TPSA) is 92.9 Å². The van der Waals surface area contributed by atoms with E-state index >= 15 is 0 Å². The first-order chi connectivity index (χ1) is 19.1. The summed E-state index contributed by atoms with van der Waals surface area (Å²) < 4.78 is 5.79. The summed E-state index contributed by atoms with van der Waals surface area (Å²) in [5, 5.41) is 9.31. The predicted molar refractivity (Wildman–Crippen MR) is 162 cm³/mol. The van der Waals surface area contributed by atoms with Crippen molar-refractivity contribution in [2.24, 2.45) is 5.73 Å². The fraction of sp³-hybridized carbons (Fsp3) is 0.412. The number of benzene rings is 3. The Labute approximate surface area is 240 Å². The summed E-state index contributed by atoms with van der Waals surface area (Å²) in [7, 11) is 0. The molecule has 0 fully saturated rings. The number of carboxylic acids is 1. The maximum atomic E-state index is 13.1. The Balaban J connectivity index is 0.00000103. The van der Waals surface area contributed by atoms with E-state index in [0.29, 0.717) is 30.7 Å². The number of aryl methyl sites for hydroxylation is 1. The van der Waals surface area contributed by atoms with Crippen LogP contribution in [0.15, 0.2) is 78.9 Å². The standard InChI is InChI=1S/C30H35NO4.C4H11N/c1-2-3-4-10-21-31(22-25-11-6-5-7-12-25)29(32)20-17-24-15-18-27(19-16-24)35-23-26-13-8-9-14-28(26)30(33)34;1-4(2,3)5/h5-9,11-16,18-19H,2-4,10,17,20-23H2,1H3,(H,33,34);5H2,1-3H3. The van der Waals surface area contributed by atoms with Crippen molar-refractivity contribution in [3.05, 3.63) is 101 Å². The lowest BCUT2D eigenvalue weighted by molar-refractivity contribution is -0.131. The van der Waals surface area contributed by atoms with E-state index in [1.807, 2.05) is 68.1 Å². The van der Waals surface area contributed by atoms with Crippen molar-refractivity contribution in [1.29, 1.82) is 0 Å². The second-order valence-electron chi connectivity index (χ2n) is 11.1. The quantitative estimate of drug-likeness (QED) is 0.208. The summed E-state index contributed by atoms with van der Waals surface area (Å²) in [5.41, 5.74) is 8.46. The van der Waals surface area contributed by atoms with Crippen LogP contribution in [0.5, 0.6) is 5.75 Å². The molecule has 0 aliphatic carbocycles. The Bertz CT molecular complexity index is 1150. The van der Waals surface area contributed by atoms with Crippen molar-refractivity contribution >= 4 is 11.9 Å². The van der Waals surface area contributed by atoms with Gasteiger partial charge in [-0.05, 0) is 62.9 Å². The van der Waals surface area contributed by atoms with Crippen LogP contribution in [0.2, 0.25) is 0 Å². The minimum absolute atomic E-state index is 0. The van der Waals surface area contributed by atoms with E-state index in [9.17, 15) is 14.7 Å². The minimum Gasteiger partial charge on any atom is -0.489 e. The van der Waals surface area contributed by atoms with Gasteiger partial charge in [0.2, 0.25) is 5.91 Å². The normalized spacial score (nSPS) is 10.8. The number of hydrogen-bond donors (Lipinski definition) is 2. The van der Waals surface area contributed by atoms with Crippen LogP contribution in [0, 0.1) is 0 Å². The first-order valence-corrected chi connectivity index (χ1v) is 14.2. The molecule has 0 aliphatic rings. The van der Waals surface area contributed by atoms with Crippen molar-refractivity contribution in [2.45, 2.75) is 84.9 Å². The van der Waals surface area contributed by atoms with Gasteiger partial charge in [0, 0.05) is 30.6 Å². The number of nitrogens with zero attached hydrogens (tertiary/aromatic N) is 1. The van der Waals surface area contributed by atoms with Crippen molar-refractivity contribution in [3.8, 4) is 5.75 Å². The van der Waals surface area contributed by atoms with E-state index in [1.165, 1.54) is 12.8 Å². The highest BCUT2D eigenvalue weighted by Crippen LogP contribution is 2.18. The lowest BCUT2D eigenvalue weighted by atomic mass is 10.1. The molecule has 0 saturated heterocycles.